The molecule has 2 nitrogen and oxygen atoms in total. The Hall–Kier alpha value is -0.406. The second-order valence-corrected chi connectivity index (χ2v) is 4.13. The predicted octanol–water partition coefficient (Wildman–Crippen LogP) is 3.55. The Bertz CT molecular complexity index is 212. The monoisotopic (exact) mass is 340 g/mol. The van der Waals surface area contributed by atoms with Gasteiger partial charge in [0, 0.05) is 0 Å². The van der Waals surface area contributed by atoms with Crippen LogP contribution < -0.4 is 10.2 Å². The van der Waals surface area contributed by atoms with E-state index in [4.69, 9.17) is 0 Å². The van der Waals surface area contributed by atoms with E-state index in [-0.39, 0.29) is 34.9 Å². The van der Waals surface area contributed by atoms with Gasteiger partial charge in [-0.05, 0) is 12.8 Å². The first kappa shape index (κ1) is 29.6. The van der Waals surface area contributed by atoms with Crippen LogP contribution in [0.25, 0.3) is 0 Å². The van der Waals surface area contributed by atoms with Crippen molar-refractivity contribution in [1.82, 2.24) is 0 Å². The third kappa shape index (κ3) is 50.4. The van der Waals surface area contributed by atoms with Crippen molar-refractivity contribution in [3.8, 4) is 0 Å². The standard InChI is InChI=1S/2C5H9O.C5H5.C4H9.Ti/c2*1-2-3-4-5-6;1-2-4-5-3-1;1-3-4-2;/h2*2H,1,3-5H2;1-3H,4H2;1,3-4H2,2H3;/q4*-1;+4. The van der Waals surface area contributed by atoms with E-state index in [0.717, 1.165) is 38.5 Å². The van der Waals surface area contributed by atoms with Gasteiger partial charge in [0.15, 0.2) is 0 Å². The molecule has 124 valence electrons. The molecule has 0 saturated carbocycles. The third-order valence-electron chi connectivity index (χ3n) is 2.04. The molecule has 1 aliphatic rings. The summed E-state index contributed by atoms with van der Waals surface area (Å²) in [5.74, 6) is 0. The van der Waals surface area contributed by atoms with Crippen molar-refractivity contribution in [2.45, 2.75) is 51.9 Å². The molecule has 0 bridgehead atoms. The van der Waals surface area contributed by atoms with Crippen molar-refractivity contribution in [2.75, 3.05) is 13.2 Å². The number of rotatable bonds is 7. The molecule has 3 heteroatoms. The molecule has 0 fully saturated rings. The number of unbranched alkanes of at least 4 members (excludes halogenated alkanes) is 3. The van der Waals surface area contributed by atoms with Crippen LogP contribution in [0.3, 0.4) is 0 Å². The second kappa shape index (κ2) is 37.1. The zero-order chi connectivity index (χ0) is 16.6. The zero-order valence-corrected chi connectivity index (χ0v) is 15.8. The molecule has 1 rings (SSSR count). The number of allylic oxidation sites excluding steroid dienone is 6. The van der Waals surface area contributed by atoms with E-state index in [1.807, 2.05) is 12.2 Å². The Labute approximate surface area is 153 Å². The van der Waals surface area contributed by atoms with Crippen LogP contribution in [0.4, 0.5) is 0 Å². The summed E-state index contributed by atoms with van der Waals surface area (Å²) < 4.78 is 0. The summed E-state index contributed by atoms with van der Waals surface area (Å²) in [7, 11) is 0. The summed E-state index contributed by atoms with van der Waals surface area (Å²) in [4.78, 5) is 0. The molecule has 22 heavy (non-hydrogen) atoms. The maximum Gasteiger partial charge on any atom is 4.00 e. The molecule has 0 aromatic heterocycles. The van der Waals surface area contributed by atoms with Gasteiger partial charge in [-0.25, -0.2) is 12.2 Å². The first-order chi connectivity index (χ1) is 10.2. The molecular formula is C19H32O2Ti. The largest absolute Gasteiger partial charge is 4.00 e. The fraction of sp³-hybridized carbons (Fsp3) is 0.526. The normalized spacial score (nSPS) is 9.82. The Balaban J connectivity index is -0.0000000977. The zero-order valence-electron chi connectivity index (χ0n) is 14.2. The van der Waals surface area contributed by atoms with Gasteiger partial charge in [-0.15, -0.1) is 32.8 Å². The van der Waals surface area contributed by atoms with E-state index in [1.54, 1.807) is 12.2 Å². The molecule has 0 saturated heterocycles. The molecule has 1 aliphatic carbocycles. The van der Waals surface area contributed by atoms with Gasteiger partial charge in [-0.1, -0.05) is 38.3 Å². The third-order valence-corrected chi connectivity index (χ3v) is 2.04. The molecule has 0 heterocycles. The van der Waals surface area contributed by atoms with Gasteiger partial charge in [0.1, 0.15) is 0 Å². The molecule has 0 unspecified atom stereocenters. The molecule has 0 N–H and O–H groups in total. The Kier molecular flexibility index (Phi) is 49.9. The summed E-state index contributed by atoms with van der Waals surface area (Å²) in [5, 5.41) is 19.3. The van der Waals surface area contributed by atoms with Crippen LogP contribution >= 0.6 is 0 Å². The number of hydrogen-bond acceptors (Lipinski definition) is 2. The molecule has 0 amide bonds. The average molecular weight is 340 g/mol. The van der Waals surface area contributed by atoms with E-state index in [0.29, 0.717) is 0 Å². The van der Waals surface area contributed by atoms with Crippen molar-refractivity contribution in [1.29, 1.82) is 0 Å². The van der Waals surface area contributed by atoms with Crippen molar-refractivity contribution in [3.05, 3.63) is 56.5 Å². The molecule has 0 aromatic rings. The summed E-state index contributed by atoms with van der Waals surface area (Å²) >= 11 is 0. The SMILES string of the molecule is C=CCCC[O-].C=CCCC[O-].[C-]1=CC=CC1.[CH2-]CCC.[Ti+4]. The smallest absolute Gasteiger partial charge is 0.854 e. The quantitative estimate of drug-likeness (QED) is 0.308. The van der Waals surface area contributed by atoms with Gasteiger partial charge in [-0.2, -0.15) is 12.5 Å². The van der Waals surface area contributed by atoms with Crippen LogP contribution in [0.1, 0.15) is 51.9 Å². The summed E-state index contributed by atoms with van der Waals surface area (Å²) in [5.41, 5.74) is 0. The summed E-state index contributed by atoms with van der Waals surface area (Å²) in [6.07, 6.45) is 19.0. The van der Waals surface area contributed by atoms with Crippen LogP contribution in [-0.4, -0.2) is 13.2 Å². The van der Waals surface area contributed by atoms with E-state index in [2.05, 4.69) is 39.2 Å². The second-order valence-electron chi connectivity index (χ2n) is 4.13. The number of hydrogen-bond donors (Lipinski definition) is 0. The first-order valence-corrected chi connectivity index (χ1v) is 7.63. The van der Waals surface area contributed by atoms with Gasteiger partial charge in [-0.3, -0.25) is 6.08 Å². The first-order valence-electron chi connectivity index (χ1n) is 7.63. The van der Waals surface area contributed by atoms with Crippen molar-refractivity contribution in [3.63, 3.8) is 0 Å². The topological polar surface area (TPSA) is 46.1 Å². The minimum atomic E-state index is 0. The molecule has 0 spiro atoms. The van der Waals surface area contributed by atoms with Crippen molar-refractivity contribution >= 4 is 0 Å². The molecule has 0 aliphatic heterocycles. The fourth-order valence-electron chi connectivity index (χ4n) is 0.796. The fourth-order valence-corrected chi connectivity index (χ4v) is 0.796. The van der Waals surface area contributed by atoms with E-state index in [9.17, 15) is 10.2 Å². The molecule has 0 aromatic carbocycles. The maximum absolute atomic E-state index is 9.64. The Morgan fingerprint density at radius 1 is 1.14 bits per heavy atom. The Morgan fingerprint density at radius 3 is 1.68 bits per heavy atom. The van der Waals surface area contributed by atoms with Crippen LogP contribution in [0.15, 0.2) is 43.5 Å². The van der Waals surface area contributed by atoms with Gasteiger partial charge in [0.2, 0.25) is 0 Å². The van der Waals surface area contributed by atoms with Crippen molar-refractivity contribution in [2.24, 2.45) is 0 Å². The Morgan fingerprint density at radius 2 is 1.59 bits per heavy atom. The summed E-state index contributed by atoms with van der Waals surface area (Å²) in [6, 6.07) is 0. The minimum Gasteiger partial charge on any atom is -0.854 e. The van der Waals surface area contributed by atoms with E-state index >= 15 is 0 Å². The molecule has 0 atom stereocenters. The van der Waals surface area contributed by atoms with Crippen LogP contribution in [0, 0.1) is 13.0 Å². The van der Waals surface area contributed by atoms with Crippen LogP contribution in [0.5, 0.6) is 0 Å². The molecular weight excluding hydrogens is 308 g/mol. The minimum absolute atomic E-state index is 0. The van der Waals surface area contributed by atoms with E-state index in [1.165, 1.54) is 6.42 Å². The van der Waals surface area contributed by atoms with Gasteiger partial charge >= 0.3 is 21.7 Å². The van der Waals surface area contributed by atoms with Crippen LogP contribution in [-0.2, 0) is 21.7 Å². The van der Waals surface area contributed by atoms with E-state index < -0.39 is 0 Å². The predicted molar refractivity (Wildman–Crippen MR) is 90.4 cm³/mol. The summed E-state index contributed by atoms with van der Waals surface area (Å²) in [6.45, 7) is 12.7. The molecule has 0 radical (unpaired) electrons. The van der Waals surface area contributed by atoms with Gasteiger partial charge in [0.05, 0.1) is 0 Å². The maximum atomic E-state index is 9.64. The average Bonchev–Trinajstić information content (AvgIpc) is 3.11. The van der Waals surface area contributed by atoms with Gasteiger partial charge < -0.3 is 17.1 Å². The van der Waals surface area contributed by atoms with Gasteiger partial charge in [0.25, 0.3) is 0 Å². The van der Waals surface area contributed by atoms with Crippen LogP contribution in [0.2, 0.25) is 0 Å². The van der Waals surface area contributed by atoms with Crippen molar-refractivity contribution < 1.29 is 31.9 Å².